The lowest BCUT2D eigenvalue weighted by Gasteiger charge is -2.44. The Hall–Kier alpha value is -1.22. The van der Waals surface area contributed by atoms with Gasteiger partial charge in [0, 0.05) is 10.7 Å². The third-order valence-corrected chi connectivity index (χ3v) is 5.27. The van der Waals surface area contributed by atoms with Crippen molar-refractivity contribution in [3.63, 3.8) is 0 Å². The van der Waals surface area contributed by atoms with E-state index in [0.717, 1.165) is 23.2 Å². The molecule has 1 aromatic carbocycles. The van der Waals surface area contributed by atoms with Crippen LogP contribution in [0.3, 0.4) is 0 Å². The maximum absolute atomic E-state index is 6.19. The molecular weight excluding hydrogens is 282 g/mol. The summed E-state index contributed by atoms with van der Waals surface area (Å²) in [5.74, 6) is 1.52. The molecule has 1 fully saturated rings. The smallest absolute Gasteiger partial charge is 0.196 e. The second kappa shape index (κ2) is 5.88. The van der Waals surface area contributed by atoms with Gasteiger partial charge < -0.3 is 10.6 Å². The monoisotopic (exact) mass is 305 g/mol. The summed E-state index contributed by atoms with van der Waals surface area (Å²) in [5, 5.41) is 0.752. The summed E-state index contributed by atoms with van der Waals surface area (Å²) in [6.45, 7) is 3.10. The van der Waals surface area contributed by atoms with Crippen LogP contribution < -0.4 is 10.6 Å². The number of rotatable bonds is 3. The number of nitrogens with two attached hydrogens (primary N) is 1. The van der Waals surface area contributed by atoms with Gasteiger partial charge in [-0.05, 0) is 49.8 Å². The molecule has 4 heteroatoms. The van der Waals surface area contributed by atoms with Gasteiger partial charge >= 0.3 is 0 Å². The van der Waals surface area contributed by atoms with E-state index in [0.29, 0.717) is 5.96 Å². The van der Waals surface area contributed by atoms with Gasteiger partial charge in [-0.1, -0.05) is 37.4 Å². The molecule has 2 aliphatic rings. The Morgan fingerprint density at radius 1 is 1.38 bits per heavy atom. The number of hydrogen-bond donors (Lipinski definition) is 1. The van der Waals surface area contributed by atoms with Crippen molar-refractivity contribution in [1.82, 2.24) is 0 Å². The summed E-state index contributed by atoms with van der Waals surface area (Å²) in [7, 11) is 0. The maximum Gasteiger partial charge on any atom is 0.196 e. The highest BCUT2D eigenvalue weighted by molar-refractivity contribution is 6.31. The number of nitrogens with zero attached hydrogens (tertiary/aromatic N) is 2. The zero-order chi connectivity index (χ0) is 14.9. The SMILES string of the molecule is CCCC1CCC2(CC1)CN=C(N)N2c1cccc(Cl)c1. The quantitative estimate of drug-likeness (QED) is 0.909. The summed E-state index contributed by atoms with van der Waals surface area (Å²) in [6.07, 6.45) is 7.56. The number of halogens is 1. The van der Waals surface area contributed by atoms with Crippen molar-refractivity contribution >= 4 is 23.2 Å². The molecule has 1 heterocycles. The van der Waals surface area contributed by atoms with Crippen molar-refractivity contribution in [2.24, 2.45) is 16.6 Å². The minimum atomic E-state index is 0.0823. The predicted molar refractivity (Wildman–Crippen MR) is 90.0 cm³/mol. The summed E-state index contributed by atoms with van der Waals surface area (Å²) < 4.78 is 0. The van der Waals surface area contributed by atoms with E-state index in [4.69, 9.17) is 17.3 Å². The normalized spacial score (nSPS) is 29.0. The molecule has 0 amide bonds. The Kier molecular flexibility index (Phi) is 4.12. The minimum Gasteiger partial charge on any atom is -0.369 e. The molecule has 0 bridgehead atoms. The first-order valence-corrected chi connectivity index (χ1v) is 8.38. The molecule has 3 rings (SSSR count). The molecule has 21 heavy (non-hydrogen) atoms. The first-order chi connectivity index (χ1) is 10.1. The molecule has 2 N–H and O–H groups in total. The van der Waals surface area contributed by atoms with Crippen molar-refractivity contribution in [2.45, 2.75) is 51.0 Å². The first-order valence-electron chi connectivity index (χ1n) is 8.00. The topological polar surface area (TPSA) is 41.6 Å². The van der Waals surface area contributed by atoms with Crippen LogP contribution >= 0.6 is 11.6 Å². The fourth-order valence-corrected chi connectivity index (χ4v) is 4.11. The highest BCUT2D eigenvalue weighted by Gasteiger charge is 2.45. The molecule has 1 aliphatic heterocycles. The molecule has 0 aromatic heterocycles. The highest BCUT2D eigenvalue weighted by Crippen LogP contribution is 2.43. The molecule has 1 spiro atoms. The van der Waals surface area contributed by atoms with Gasteiger partial charge in [-0.15, -0.1) is 0 Å². The zero-order valence-electron chi connectivity index (χ0n) is 12.7. The van der Waals surface area contributed by atoms with E-state index in [1.54, 1.807) is 0 Å². The number of benzene rings is 1. The molecule has 1 aliphatic carbocycles. The summed E-state index contributed by atoms with van der Waals surface area (Å²) in [6, 6.07) is 7.97. The average molecular weight is 306 g/mol. The van der Waals surface area contributed by atoms with Crippen LogP contribution in [0.5, 0.6) is 0 Å². The van der Waals surface area contributed by atoms with Crippen LogP contribution in [0.2, 0.25) is 5.02 Å². The summed E-state index contributed by atoms with van der Waals surface area (Å²) in [4.78, 5) is 6.79. The van der Waals surface area contributed by atoms with Crippen molar-refractivity contribution < 1.29 is 0 Å². The number of hydrogen-bond acceptors (Lipinski definition) is 3. The van der Waals surface area contributed by atoms with Gasteiger partial charge in [-0.25, -0.2) is 0 Å². The lowest BCUT2D eigenvalue weighted by atomic mass is 9.74. The second-order valence-electron chi connectivity index (χ2n) is 6.45. The Morgan fingerprint density at radius 2 is 2.14 bits per heavy atom. The summed E-state index contributed by atoms with van der Waals surface area (Å²) in [5.41, 5.74) is 7.35. The third kappa shape index (κ3) is 2.76. The zero-order valence-corrected chi connectivity index (χ0v) is 13.4. The van der Waals surface area contributed by atoms with Crippen LogP contribution in [0.15, 0.2) is 29.3 Å². The van der Waals surface area contributed by atoms with E-state index < -0.39 is 0 Å². The van der Waals surface area contributed by atoms with Crippen LogP contribution in [-0.4, -0.2) is 18.0 Å². The summed E-state index contributed by atoms with van der Waals surface area (Å²) >= 11 is 6.16. The maximum atomic E-state index is 6.19. The van der Waals surface area contributed by atoms with E-state index in [-0.39, 0.29) is 5.54 Å². The third-order valence-electron chi connectivity index (χ3n) is 5.04. The predicted octanol–water partition coefficient (Wildman–Crippen LogP) is 4.20. The number of guanidine groups is 1. The highest BCUT2D eigenvalue weighted by atomic mass is 35.5. The van der Waals surface area contributed by atoms with Crippen molar-refractivity contribution in [3.8, 4) is 0 Å². The van der Waals surface area contributed by atoms with Crippen LogP contribution in [0, 0.1) is 5.92 Å². The fourth-order valence-electron chi connectivity index (χ4n) is 3.93. The van der Waals surface area contributed by atoms with Crippen molar-refractivity contribution in [3.05, 3.63) is 29.3 Å². The standard InChI is InChI=1S/C17H24ClN3/c1-2-4-13-7-9-17(10-8-13)12-20-16(19)21(17)15-6-3-5-14(18)11-15/h3,5-6,11,13H,2,4,7-10,12H2,1H3,(H2,19,20). The molecule has 114 valence electrons. The van der Waals surface area contributed by atoms with Crippen LogP contribution in [0.25, 0.3) is 0 Å². The van der Waals surface area contributed by atoms with E-state index in [9.17, 15) is 0 Å². The molecule has 1 saturated carbocycles. The molecule has 0 saturated heterocycles. The van der Waals surface area contributed by atoms with Crippen molar-refractivity contribution in [1.29, 1.82) is 0 Å². The Balaban J connectivity index is 1.83. The fraction of sp³-hybridized carbons (Fsp3) is 0.588. The molecule has 0 unspecified atom stereocenters. The van der Waals surface area contributed by atoms with Gasteiger partial charge in [-0.3, -0.25) is 4.99 Å². The first kappa shape index (κ1) is 14.7. The van der Waals surface area contributed by atoms with Crippen LogP contribution in [0.4, 0.5) is 5.69 Å². The van der Waals surface area contributed by atoms with E-state index in [2.05, 4.69) is 22.9 Å². The Bertz CT molecular complexity index is 533. The largest absolute Gasteiger partial charge is 0.369 e. The van der Waals surface area contributed by atoms with Crippen LogP contribution in [0.1, 0.15) is 45.4 Å². The lowest BCUT2D eigenvalue weighted by molar-refractivity contribution is 0.238. The second-order valence-corrected chi connectivity index (χ2v) is 6.88. The Labute approximate surface area is 132 Å². The minimum absolute atomic E-state index is 0.0823. The van der Waals surface area contributed by atoms with E-state index in [1.165, 1.54) is 38.5 Å². The Morgan fingerprint density at radius 3 is 2.81 bits per heavy atom. The van der Waals surface area contributed by atoms with Gasteiger partial charge in [0.15, 0.2) is 5.96 Å². The molecule has 3 nitrogen and oxygen atoms in total. The average Bonchev–Trinajstić information content (AvgIpc) is 2.79. The van der Waals surface area contributed by atoms with Gasteiger partial charge in [-0.2, -0.15) is 0 Å². The van der Waals surface area contributed by atoms with Crippen LogP contribution in [-0.2, 0) is 0 Å². The molecule has 0 radical (unpaired) electrons. The molecule has 0 atom stereocenters. The number of anilines is 1. The van der Waals surface area contributed by atoms with Gasteiger partial charge in [0.25, 0.3) is 0 Å². The van der Waals surface area contributed by atoms with E-state index >= 15 is 0 Å². The van der Waals surface area contributed by atoms with E-state index in [1.807, 2.05) is 18.2 Å². The van der Waals surface area contributed by atoms with Gasteiger partial charge in [0.1, 0.15) is 0 Å². The number of aliphatic imine (C=N–C) groups is 1. The lowest BCUT2D eigenvalue weighted by Crippen LogP contribution is -2.53. The molecule has 1 aromatic rings. The van der Waals surface area contributed by atoms with Gasteiger partial charge in [0.2, 0.25) is 0 Å². The van der Waals surface area contributed by atoms with Crippen molar-refractivity contribution in [2.75, 3.05) is 11.4 Å². The van der Waals surface area contributed by atoms with Gasteiger partial charge in [0.05, 0.1) is 12.1 Å². The molecular formula is C17H24ClN3.